The van der Waals surface area contributed by atoms with E-state index in [1.165, 1.54) is 0 Å². The molecule has 0 aliphatic heterocycles. The molecule has 7 heteroatoms. The Morgan fingerprint density at radius 1 is 1.38 bits per heavy atom. The highest BCUT2D eigenvalue weighted by Crippen LogP contribution is 2.41. The van der Waals surface area contributed by atoms with E-state index >= 15 is 0 Å². The summed E-state index contributed by atoms with van der Waals surface area (Å²) in [6, 6.07) is 1.11. The number of rotatable bonds is 3. The van der Waals surface area contributed by atoms with Crippen LogP contribution in [0.4, 0.5) is 8.78 Å². The lowest BCUT2D eigenvalue weighted by Crippen LogP contribution is -2.25. The van der Waals surface area contributed by atoms with Gasteiger partial charge in [0.25, 0.3) is 0 Å². The molecule has 0 radical (unpaired) electrons. The predicted molar refractivity (Wildman–Crippen MR) is 47.9 cm³/mol. The molecule has 0 heterocycles. The van der Waals surface area contributed by atoms with Gasteiger partial charge in [-0.25, -0.2) is 4.79 Å². The number of phenolic OH excluding ortho intramolecular Hbond substituents is 2. The number of hydrogen-bond donors (Lipinski definition) is 3. The van der Waals surface area contributed by atoms with Crippen molar-refractivity contribution >= 4 is 5.97 Å². The Labute approximate surface area is 88.5 Å². The number of ether oxygens (including phenoxy) is 1. The maximum absolute atomic E-state index is 13.1. The molecule has 1 rings (SSSR count). The molecular weight excluding hydrogens is 226 g/mol. The van der Waals surface area contributed by atoms with Gasteiger partial charge in [-0.05, 0) is 12.1 Å². The number of aliphatic carboxylic acids is 1. The molecule has 0 unspecified atom stereocenters. The second kappa shape index (κ2) is 3.84. The van der Waals surface area contributed by atoms with Gasteiger partial charge in [0.2, 0.25) is 5.75 Å². The van der Waals surface area contributed by atoms with E-state index in [4.69, 9.17) is 15.3 Å². The van der Waals surface area contributed by atoms with E-state index in [-0.39, 0.29) is 0 Å². The quantitative estimate of drug-likeness (QED) is 0.686. The molecule has 0 bridgehead atoms. The first-order valence-electron chi connectivity index (χ1n) is 4.02. The van der Waals surface area contributed by atoms with E-state index in [0.717, 1.165) is 7.11 Å². The summed E-state index contributed by atoms with van der Waals surface area (Å²) in [5, 5.41) is 26.5. The van der Waals surface area contributed by atoms with Gasteiger partial charge in [-0.15, -0.1) is 0 Å². The Balaban J connectivity index is 3.37. The highest BCUT2D eigenvalue weighted by Gasteiger charge is 2.42. The first-order chi connectivity index (χ1) is 7.30. The van der Waals surface area contributed by atoms with Crippen LogP contribution in [0.2, 0.25) is 0 Å². The summed E-state index contributed by atoms with van der Waals surface area (Å²) in [5.41, 5.74) is -0.979. The molecule has 16 heavy (non-hydrogen) atoms. The lowest BCUT2D eigenvalue weighted by atomic mass is 10.1. The summed E-state index contributed by atoms with van der Waals surface area (Å²) in [7, 11) is 1.08. The van der Waals surface area contributed by atoms with Gasteiger partial charge >= 0.3 is 11.9 Å². The van der Waals surface area contributed by atoms with Gasteiger partial charge in [0.1, 0.15) is 0 Å². The summed E-state index contributed by atoms with van der Waals surface area (Å²) < 4.78 is 30.6. The van der Waals surface area contributed by atoms with Crippen LogP contribution in [-0.2, 0) is 10.7 Å². The van der Waals surface area contributed by atoms with Crippen molar-refractivity contribution in [2.75, 3.05) is 7.11 Å². The number of carboxylic acid groups (broad SMARTS) is 1. The summed E-state index contributed by atoms with van der Waals surface area (Å²) >= 11 is 0. The topological polar surface area (TPSA) is 87.0 Å². The van der Waals surface area contributed by atoms with Crippen LogP contribution in [0.15, 0.2) is 12.1 Å². The molecule has 1 aromatic rings. The normalized spacial score (nSPS) is 11.2. The second-order valence-electron chi connectivity index (χ2n) is 2.93. The van der Waals surface area contributed by atoms with Gasteiger partial charge in [-0.1, -0.05) is 0 Å². The number of carboxylic acids is 1. The van der Waals surface area contributed by atoms with Crippen LogP contribution in [0.1, 0.15) is 5.56 Å². The zero-order valence-electron chi connectivity index (χ0n) is 8.07. The molecule has 0 aliphatic carbocycles. The van der Waals surface area contributed by atoms with E-state index in [1.807, 2.05) is 0 Å². The third-order valence-corrected chi connectivity index (χ3v) is 1.91. The molecule has 0 fully saturated rings. The molecule has 0 aromatic heterocycles. The molecule has 3 N–H and O–H groups in total. The molecule has 5 nitrogen and oxygen atoms in total. The minimum Gasteiger partial charge on any atom is -0.504 e. The van der Waals surface area contributed by atoms with Crippen LogP contribution in [0.3, 0.4) is 0 Å². The van der Waals surface area contributed by atoms with Gasteiger partial charge in [0, 0.05) is 5.56 Å². The zero-order valence-corrected chi connectivity index (χ0v) is 8.07. The predicted octanol–water partition coefficient (Wildman–Crippen LogP) is 1.28. The standard InChI is InChI=1S/C9H8F2O5/c1-16-6-3-4(2-5(12)7(6)13)9(10,11)8(14)15/h2-3,12-13H,1H3,(H,14,15). The summed E-state index contributed by atoms with van der Waals surface area (Å²) in [6.07, 6.45) is 0. The number of halogens is 2. The SMILES string of the molecule is COc1cc(C(F)(F)C(=O)O)cc(O)c1O. The van der Waals surface area contributed by atoms with E-state index in [9.17, 15) is 13.6 Å². The first-order valence-corrected chi connectivity index (χ1v) is 4.02. The van der Waals surface area contributed by atoms with Crippen LogP contribution in [-0.4, -0.2) is 28.4 Å². The molecule has 0 saturated carbocycles. The summed E-state index contributed by atoms with van der Waals surface area (Å²) in [6.45, 7) is 0. The second-order valence-corrected chi connectivity index (χ2v) is 2.93. The Kier molecular flexibility index (Phi) is 2.88. The molecule has 0 saturated heterocycles. The largest absolute Gasteiger partial charge is 0.504 e. The Bertz CT molecular complexity index is 430. The van der Waals surface area contributed by atoms with Crippen LogP contribution >= 0.6 is 0 Å². The van der Waals surface area contributed by atoms with Crippen molar-refractivity contribution in [1.29, 1.82) is 0 Å². The smallest absolute Gasteiger partial charge is 0.379 e. The van der Waals surface area contributed by atoms with E-state index in [0.29, 0.717) is 12.1 Å². The Morgan fingerprint density at radius 3 is 2.38 bits per heavy atom. The monoisotopic (exact) mass is 234 g/mol. The third kappa shape index (κ3) is 1.83. The maximum Gasteiger partial charge on any atom is 0.379 e. The van der Waals surface area contributed by atoms with Crippen molar-refractivity contribution in [3.8, 4) is 17.2 Å². The van der Waals surface area contributed by atoms with E-state index in [2.05, 4.69) is 4.74 Å². The van der Waals surface area contributed by atoms with Crippen LogP contribution in [0, 0.1) is 0 Å². The number of benzene rings is 1. The minimum atomic E-state index is -4.17. The zero-order chi connectivity index (χ0) is 12.5. The summed E-state index contributed by atoms with van der Waals surface area (Å²) in [5.74, 6) is -8.57. The number of aromatic hydroxyl groups is 2. The summed E-state index contributed by atoms with van der Waals surface area (Å²) in [4.78, 5) is 10.3. The molecule has 0 amide bonds. The Morgan fingerprint density at radius 2 is 1.94 bits per heavy atom. The lowest BCUT2D eigenvalue weighted by molar-refractivity contribution is -0.166. The number of methoxy groups -OCH3 is 1. The fraction of sp³-hybridized carbons (Fsp3) is 0.222. The number of hydrogen-bond acceptors (Lipinski definition) is 4. The minimum absolute atomic E-state index is 0.434. The average Bonchev–Trinajstić information content (AvgIpc) is 2.21. The van der Waals surface area contributed by atoms with Crippen LogP contribution in [0.5, 0.6) is 17.2 Å². The van der Waals surface area contributed by atoms with Gasteiger partial charge in [0.05, 0.1) is 7.11 Å². The fourth-order valence-electron chi connectivity index (χ4n) is 1.05. The van der Waals surface area contributed by atoms with Gasteiger partial charge in [-0.2, -0.15) is 8.78 Å². The van der Waals surface area contributed by atoms with E-state index in [1.54, 1.807) is 0 Å². The first kappa shape index (κ1) is 12.0. The average molecular weight is 234 g/mol. The molecule has 0 spiro atoms. The maximum atomic E-state index is 13.1. The molecule has 1 aromatic carbocycles. The molecule has 0 atom stereocenters. The van der Waals surface area contributed by atoms with Crippen molar-refractivity contribution in [2.24, 2.45) is 0 Å². The third-order valence-electron chi connectivity index (χ3n) is 1.91. The van der Waals surface area contributed by atoms with Crippen LogP contribution < -0.4 is 4.74 Å². The van der Waals surface area contributed by atoms with Crippen molar-refractivity contribution < 1.29 is 33.6 Å². The van der Waals surface area contributed by atoms with Gasteiger partial charge in [0.15, 0.2) is 11.5 Å². The fourth-order valence-corrected chi connectivity index (χ4v) is 1.05. The van der Waals surface area contributed by atoms with Crippen molar-refractivity contribution in [3.63, 3.8) is 0 Å². The van der Waals surface area contributed by atoms with Crippen molar-refractivity contribution in [1.82, 2.24) is 0 Å². The molecule has 0 aliphatic rings. The highest BCUT2D eigenvalue weighted by molar-refractivity contribution is 5.78. The van der Waals surface area contributed by atoms with E-state index < -0.39 is 34.7 Å². The lowest BCUT2D eigenvalue weighted by Gasteiger charge is -2.14. The number of alkyl halides is 2. The van der Waals surface area contributed by atoms with Crippen molar-refractivity contribution in [2.45, 2.75) is 5.92 Å². The molecule has 88 valence electrons. The van der Waals surface area contributed by atoms with Gasteiger partial charge < -0.3 is 20.1 Å². The Hall–Kier alpha value is -2.05. The van der Waals surface area contributed by atoms with Crippen molar-refractivity contribution in [3.05, 3.63) is 17.7 Å². The number of carbonyl (C=O) groups is 1. The highest BCUT2D eigenvalue weighted by atomic mass is 19.3. The van der Waals surface area contributed by atoms with Crippen LogP contribution in [0.25, 0.3) is 0 Å². The van der Waals surface area contributed by atoms with Gasteiger partial charge in [-0.3, -0.25) is 0 Å². The molecular formula is C9H8F2O5. The number of phenols is 2.